The van der Waals surface area contributed by atoms with Gasteiger partial charge in [0.1, 0.15) is 17.5 Å². The summed E-state index contributed by atoms with van der Waals surface area (Å²) in [5.74, 6) is 1.53. The van der Waals surface area contributed by atoms with Crippen molar-refractivity contribution in [1.82, 2.24) is 4.90 Å². The predicted octanol–water partition coefficient (Wildman–Crippen LogP) is 3.97. The van der Waals surface area contributed by atoms with E-state index in [1.807, 2.05) is 36.4 Å². The maximum atomic E-state index is 11.4. The second-order valence-corrected chi connectivity index (χ2v) is 8.44. The van der Waals surface area contributed by atoms with E-state index in [-0.39, 0.29) is 5.92 Å². The zero-order chi connectivity index (χ0) is 20.5. The number of likely N-dealkylation sites (tertiary alicyclic amines) is 1. The Kier molecular flexibility index (Phi) is 5.43. The molecule has 4 rings (SSSR count). The molecule has 2 heterocycles. The second-order valence-electron chi connectivity index (χ2n) is 7.05. The third kappa shape index (κ3) is 4.06. The van der Waals surface area contributed by atoms with Crippen LogP contribution in [0.25, 0.3) is 0 Å². The van der Waals surface area contributed by atoms with Gasteiger partial charge in [0, 0.05) is 23.9 Å². The Balaban J connectivity index is 1.54. The summed E-state index contributed by atoms with van der Waals surface area (Å²) >= 11 is 7.89. The molecular formula is C21H21ClN4O2S. The smallest absolute Gasteiger partial charge is 0.243 e. The van der Waals surface area contributed by atoms with Crippen molar-refractivity contribution in [3.8, 4) is 11.5 Å². The van der Waals surface area contributed by atoms with E-state index < -0.39 is 11.9 Å². The number of carbonyl (C=O) groups excluding carboxylic acids is 1. The topological polar surface area (TPSA) is 93.9 Å². The third-order valence-electron chi connectivity index (χ3n) is 5.03. The van der Waals surface area contributed by atoms with Crippen molar-refractivity contribution in [2.24, 2.45) is 10.7 Å². The molecule has 0 saturated carbocycles. The summed E-state index contributed by atoms with van der Waals surface area (Å²) in [4.78, 5) is 17.9. The molecule has 0 aliphatic carbocycles. The SMILES string of the molecule is C=C1C[C@H](c2ccc(Cl)c(Oc3ccccc3N)c2)CN1C1=NC(C(N)=O)CS1. The Morgan fingerprint density at radius 3 is 2.79 bits per heavy atom. The first kappa shape index (κ1) is 19.7. The van der Waals surface area contributed by atoms with Crippen LogP contribution >= 0.6 is 23.4 Å². The van der Waals surface area contributed by atoms with Gasteiger partial charge in [0.05, 0.1) is 10.7 Å². The molecule has 2 aliphatic heterocycles. The molecule has 0 radical (unpaired) electrons. The summed E-state index contributed by atoms with van der Waals surface area (Å²) in [6.07, 6.45) is 0.787. The molecule has 1 saturated heterocycles. The highest BCUT2D eigenvalue weighted by Gasteiger charge is 2.34. The summed E-state index contributed by atoms with van der Waals surface area (Å²) < 4.78 is 5.96. The number of amides is 1. The van der Waals surface area contributed by atoms with Crippen LogP contribution in [0.1, 0.15) is 17.9 Å². The van der Waals surface area contributed by atoms with Gasteiger partial charge in [-0.3, -0.25) is 4.79 Å². The molecule has 4 N–H and O–H groups in total. The van der Waals surface area contributed by atoms with Crippen molar-refractivity contribution >= 4 is 40.1 Å². The van der Waals surface area contributed by atoms with Gasteiger partial charge in [-0.1, -0.05) is 48.1 Å². The highest BCUT2D eigenvalue weighted by Crippen LogP contribution is 2.40. The molecule has 29 heavy (non-hydrogen) atoms. The van der Waals surface area contributed by atoms with E-state index in [2.05, 4.69) is 16.5 Å². The quantitative estimate of drug-likeness (QED) is 0.718. The van der Waals surface area contributed by atoms with Crippen molar-refractivity contribution in [2.75, 3.05) is 18.0 Å². The molecular weight excluding hydrogens is 408 g/mol. The van der Waals surface area contributed by atoms with Gasteiger partial charge in [-0.25, -0.2) is 4.99 Å². The first-order chi connectivity index (χ1) is 13.9. The van der Waals surface area contributed by atoms with Gasteiger partial charge in [-0.15, -0.1) is 0 Å². The summed E-state index contributed by atoms with van der Waals surface area (Å²) in [7, 11) is 0. The molecule has 1 unspecified atom stereocenters. The molecule has 150 valence electrons. The number of ether oxygens (including phenoxy) is 1. The number of nitrogens with two attached hydrogens (primary N) is 2. The summed E-state index contributed by atoms with van der Waals surface area (Å²) in [5.41, 5.74) is 14.0. The lowest BCUT2D eigenvalue weighted by molar-refractivity contribution is -0.118. The number of anilines is 1. The van der Waals surface area contributed by atoms with Crippen molar-refractivity contribution in [3.63, 3.8) is 0 Å². The fourth-order valence-corrected chi connectivity index (χ4v) is 4.71. The minimum atomic E-state index is -0.464. The number of nitrogens with zero attached hydrogens (tertiary/aromatic N) is 2. The van der Waals surface area contributed by atoms with Crippen LogP contribution in [0.15, 0.2) is 59.7 Å². The predicted molar refractivity (Wildman–Crippen MR) is 118 cm³/mol. The number of primary amides is 1. The van der Waals surface area contributed by atoms with Crippen LogP contribution in [-0.4, -0.2) is 34.3 Å². The lowest BCUT2D eigenvalue weighted by Crippen LogP contribution is -2.27. The summed E-state index contributed by atoms with van der Waals surface area (Å²) in [5, 5.41) is 1.33. The second kappa shape index (κ2) is 8.00. The lowest BCUT2D eigenvalue weighted by atomic mass is 9.97. The third-order valence-corrected chi connectivity index (χ3v) is 6.41. The van der Waals surface area contributed by atoms with Gasteiger partial charge >= 0.3 is 0 Å². The minimum absolute atomic E-state index is 0.214. The summed E-state index contributed by atoms with van der Waals surface area (Å²) in [6.45, 7) is 4.91. The molecule has 1 amide bonds. The van der Waals surface area contributed by atoms with E-state index in [9.17, 15) is 4.79 Å². The van der Waals surface area contributed by atoms with Crippen molar-refractivity contribution in [1.29, 1.82) is 0 Å². The first-order valence-electron chi connectivity index (χ1n) is 9.19. The van der Waals surface area contributed by atoms with Gasteiger partial charge in [0.15, 0.2) is 5.17 Å². The van der Waals surface area contributed by atoms with E-state index in [1.165, 1.54) is 0 Å². The zero-order valence-electron chi connectivity index (χ0n) is 15.7. The Morgan fingerprint density at radius 1 is 1.28 bits per heavy atom. The van der Waals surface area contributed by atoms with E-state index >= 15 is 0 Å². The molecule has 2 atom stereocenters. The number of benzene rings is 2. The van der Waals surface area contributed by atoms with E-state index in [4.69, 9.17) is 27.8 Å². The number of hydrogen-bond acceptors (Lipinski definition) is 6. The highest BCUT2D eigenvalue weighted by atomic mass is 35.5. The Bertz CT molecular complexity index is 1010. The molecule has 2 aliphatic rings. The van der Waals surface area contributed by atoms with E-state index in [1.54, 1.807) is 17.8 Å². The van der Waals surface area contributed by atoms with Gasteiger partial charge < -0.3 is 21.1 Å². The number of halogens is 1. The average Bonchev–Trinajstić information content (AvgIpc) is 3.32. The van der Waals surface area contributed by atoms with E-state index in [0.717, 1.165) is 29.4 Å². The van der Waals surface area contributed by atoms with Crippen LogP contribution in [0.5, 0.6) is 11.5 Å². The van der Waals surface area contributed by atoms with Gasteiger partial charge in [-0.2, -0.15) is 0 Å². The van der Waals surface area contributed by atoms with Crippen LogP contribution in [0.3, 0.4) is 0 Å². The van der Waals surface area contributed by atoms with E-state index in [0.29, 0.717) is 28.0 Å². The largest absolute Gasteiger partial charge is 0.454 e. The molecule has 0 spiro atoms. The molecule has 0 bridgehead atoms. The molecule has 8 heteroatoms. The number of amidine groups is 1. The van der Waals surface area contributed by atoms with Crippen molar-refractivity contribution < 1.29 is 9.53 Å². The lowest BCUT2D eigenvalue weighted by Gasteiger charge is -2.19. The van der Waals surface area contributed by atoms with Crippen molar-refractivity contribution in [3.05, 3.63) is 65.3 Å². The van der Waals surface area contributed by atoms with Gasteiger partial charge in [-0.05, 0) is 36.2 Å². The maximum Gasteiger partial charge on any atom is 0.243 e. The zero-order valence-corrected chi connectivity index (χ0v) is 17.2. The van der Waals surface area contributed by atoms with Gasteiger partial charge in [0.25, 0.3) is 0 Å². The van der Waals surface area contributed by atoms with Crippen LogP contribution < -0.4 is 16.2 Å². The van der Waals surface area contributed by atoms with Gasteiger partial charge in [0.2, 0.25) is 5.91 Å². The number of hydrogen-bond donors (Lipinski definition) is 2. The highest BCUT2D eigenvalue weighted by molar-refractivity contribution is 8.14. The number of thioether (sulfide) groups is 1. The molecule has 2 aromatic carbocycles. The monoisotopic (exact) mass is 428 g/mol. The number of rotatable bonds is 4. The number of allylic oxidation sites excluding steroid dienone is 1. The number of carbonyl (C=O) groups is 1. The molecule has 6 nitrogen and oxygen atoms in total. The van der Waals surface area contributed by atoms with Crippen LogP contribution in [-0.2, 0) is 4.79 Å². The van der Waals surface area contributed by atoms with Crippen LogP contribution in [0.2, 0.25) is 5.02 Å². The summed E-state index contributed by atoms with van der Waals surface area (Å²) in [6, 6.07) is 12.6. The first-order valence-corrected chi connectivity index (χ1v) is 10.6. The number of para-hydroxylation sites is 2. The Labute approximate surface area is 178 Å². The molecule has 2 aromatic rings. The average molecular weight is 429 g/mol. The minimum Gasteiger partial charge on any atom is -0.454 e. The Hall–Kier alpha value is -2.64. The fraction of sp³-hybridized carbons (Fsp3) is 0.238. The number of nitrogen functional groups attached to an aromatic ring is 1. The number of aliphatic imine (C=N–C) groups is 1. The fourth-order valence-electron chi connectivity index (χ4n) is 3.44. The standard InChI is InChI=1S/C21H21ClN4O2S/c1-12-8-14(10-26(12)21-25-17(11-29-21)20(24)27)13-6-7-15(22)19(9-13)28-18-5-3-2-4-16(18)23/h2-7,9,14,17H,1,8,10-11,23H2,(H2,24,27)/t14-,17?/m0/s1. The molecule has 0 aromatic heterocycles. The van der Waals surface area contributed by atoms with Crippen molar-refractivity contribution in [2.45, 2.75) is 18.4 Å². The maximum absolute atomic E-state index is 11.4. The van der Waals surface area contributed by atoms with Crippen LogP contribution in [0, 0.1) is 0 Å². The Morgan fingerprint density at radius 2 is 2.07 bits per heavy atom. The molecule has 1 fully saturated rings. The normalized spacial score (nSPS) is 21.3. The van der Waals surface area contributed by atoms with Crippen LogP contribution in [0.4, 0.5) is 5.69 Å².